The highest BCUT2D eigenvalue weighted by Gasteiger charge is 2.36. The maximum absolute atomic E-state index is 11.8. The van der Waals surface area contributed by atoms with Crippen LogP contribution in [0.15, 0.2) is 0 Å². The molecule has 2 bridgehead atoms. The van der Waals surface area contributed by atoms with Crippen LogP contribution in [0.4, 0.5) is 0 Å². The summed E-state index contributed by atoms with van der Waals surface area (Å²) in [6, 6.07) is 0.636. The predicted octanol–water partition coefficient (Wildman–Crippen LogP) is 1.40. The standard InChI is InChI=1S/C10H16ClNO2/c11-5-4-10(13)12-8-2-1-3-9(12)7-14-6-8/h8-9H,1-7H2. The Balaban J connectivity index is 2.04. The summed E-state index contributed by atoms with van der Waals surface area (Å²) in [4.78, 5) is 13.8. The van der Waals surface area contributed by atoms with Crippen molar-refractivity contribution in [1.82, 2.24) is 4.90 Å². The smallest absolute Gasteiger partial charge is 0.224 e. The molecule has 14 heavy (non-hydrogen) atoms. The second kappa shape index (κ2) is 4.49. The van der Waals surface area contributed by atoms with Crippen molar-refractivity contribution in [2.45, 2.75) is 37.8 Å². The summed E-state index contributed by atoms with van der Waals surface area (Å²) < 4.78 is 5.47. The molecule has 0 saturated carbocycles. The van der Waals surface area contributed by atoms with Gasteiger partial charge in [0.2, 0.25) is 5.91 Å². The molecule has 0 aliphatic carbocycles. The number of piperidine rings is 1. The summed E-state index contributed by atoms with van der Waals surface area (Å²) in [5.41, 5.74) is 0. The Bertz CT molecular complexity index is 200. The third-order valence-corrected chi connectivity index (χ3v) is 3.27. The van der Waals surface area contributed by atoms with Crippen LogP contribution < -0.4 is 0 Å². The van der Waals surface area contributed by atoms with Crippen molar-refractivity contribution in [3.63, 3.8) is 0 Å². The molecule has 80 valence electrons. The lowest BCUT2D eigenvalue weighted by Gasteiger charge is -2.45. The zero-order valence-electron chi connectivity index (χ0n) is 8.25. The number of alkyl halides is 1. The molecule has 0 radical (unpaired) electrons. The highest BCUT2D eigenvalue weighted by atomic mass is 35.5. The van der Waals surface area contributed by atoms with Crippen LogP contribution in [0.3, 0.4) is 0 Å². The molecule has 3 nitrogen and oxygen atoms in total. The van der Waals surface area contributed by atoms with E-state index in [9.17, 15) is 4.79 Å². The molecule has 1 amide bonds. The number of nitrogens with zero attached hydrogens (tertiary/aromatic N) is 1. The summed E-state index contributed by atoms with van der Waals surface area (Å²) >= 11 is 5.59. The Kier molecular flexibility index (Phi) is 3.29. The van der Waals surface area contributed by atoms with Crippen LogP contribution in [0.25, 0.3) is 0 Å². The molecule has 2 heterocycles. The van der Waals surface area contributed by atoms with Crippen LogP contribution in [0.2, 0.25) is 0 Å². The van der Waals surface area contributed by atoms with Crippen molar-refractivity contribution in [3.05, 3.63) is 0 Å². The molecule has 0 spiro atoms. The van der Waals surface area contributed by atoms with E-state index in [2.05, 4.69) is 0 Å². The van der Waals surface area contributed by atoms with Gasteiger partial charge in [-0.25, -0.2) is 0 Å². The zero-order chi connectivity index (χ0) is 9.97. The number of halogens is 1. The molecule has 0 N–H and O–H groups in total. The van der Waals surface area contributed by atoms with Crippen LogP contribution >= 0.6 is 11.6 Å². The number of hydrogen-bond donors (Lipinski definition) is 0. The first kappa shape index (κ1) is 10.2. The largest absolute Gasteiger partial charge is 0.377 e. The average Bonchev–Trinajstić information content (AvgIpc) is 2.17. The number of rotatable bonds is 2. The molecule has 0 aromatic heterocycles. The van der Waals surface area contributed by atoms with Gasteiger partial charge in [0.15, 0.2) is 0 Å². The van der Waals surface area contributed by atoms with Gasteiger partial charge >= 0.3 is 0 Å². The second-order valence-electron chi connectivity index (χ2n) is 4.02. The Morgan fingerprint density at radius 2 is 2.00 bits per heavy atom. The fraction of sp³-hybridized carbons (Fsp3) is 0.900. The molecule has 2 unspecified atom stereocenters. The molecule has 2 atom stereocenters. The summed E-state index contributed by atoms with van der Waals surface area (Å²) in [6.45, 7) is 1.43. The number of morpholine rings is 1. The highest BCUT2D eigenvalue weighted by Crippen LogP contribution is 2.27. The molecule has 2 aliphatic rings. The van der Waals surface area contributed by atoms with Crippen molar-refractivity contribution in [2.75, 3.05) is 19.1 Å². The van der Waals surface area contributed by atoms with E-state index in [4.69, 9.17) is 16.3 Å². The van der Waals surface area contributed by atoms with Crippen LogP contribution in [0, 0.1) is 0 Å². The molecule has 0 aromatic rings. The Hall–Kier alpha value is -0.280. The van der Waals surface area contributed by atoms with Crippen LogP contribution in [-0.2, 0) is 9.53 Å². The summed E-state index contributed by atoms with van der Waals surface area (Å²) in [5.74, 6) is 0.633. The molecule has 2 fully saturated rings. The van der Waals surface area contributed by atoms with Crippen molar-refractivity contribution in [1.29, 1.82) is 0 Å². The van der Waals surface area contributed by atoms with Gasteiger partial charge in [-0.05, 0) is 19.3 Å². The molecular weight excluding hydrogens is 202 g/mol. The lowest BCUT2D eigenvalue weighted by molar-refractivity contribution is -0.150. The van der Waals surface area contributed by atoms with E-state index in [0.29, 0.717) is 37.6 Å². The van der Waals surface area contributed by atoms with Gasteiger partial charge in [-0.3, -0.25) is 4.79 Å². The van der Waals surface area contributed by atoms with Gasteiger partial charge < -0.3 is 9.64 Å². The molecule has 2 rings (SSSR count). The van der Waals surface area contributed by atoms with Gasteiger partial charge in [0.1, 0.15) is 0 Å². The fourth-order valence-corrected chi connectivity index (χ4v) is 2.61. The molecular formula is C10H16ClNO2. The van der Waals surface area contributed by atoms with E-state index in [-0.39, 0.29) is 5.91 Å². The SMILES string of the molecule is O=C(CCCl)N1C2CCCC1COC2. The van der Waals surface area contributed by atoms with Crippen LogP contribution in [-0.4, -0.2) is 42.0 Å². The second-order valence-corrected chi connectivity index (χ2v) is 4.39. The average molecular weight is 218 g/mol. The van der Waals surface area contributed by atoms with Gasteiger partial charge in [-0.15, -0.1) is 11.6 Å². The Morgan fingerprint density at radius 1 is 1.36 bits per heavy atom. The van der Waals surface area contributed by atoms with Crippen molar-refractivity contribution < 1.29 is 9.53 Å². The molecule has 2 saturated heterocycles. The lowest BCUT2D eigenvalue weighted by Crippen LogP contribution is -2.57. The summed E-state index contributed by atoms with van der Waals surface area (Å²) in [7, 11) is 0. The zero-order valence-corrected chi connectivity index (χ0v) is 9.00. The monoisotopic (exact) mass is 217 g/mol. The maximum atomic E-state index is 11.8. The van der Waals surface area contributed by atoms with Crippen molar-refractivity contribution >= 4 is 17.5 Å². The van der Waals surface area contributed by atoms with E-state index in [1.54, 1.807) is 0 Å². The first-order valence-electron chi connectivity index (χ1n) is 5.28. The molecule has 2 aliphatic heterocycles. The predicted molar refractivity (Wildman–Crippen MR) is 54.4 cm³/mol. The van der Waals surface area contributed by atoms with E-state index in [1.807, 2.05) is 4.90 Å². The Labute approximate surface area is 89.4 Å². The van der Waals surface area contributed by atoms with Crippen molar-refractivity contribution in [3.8, 4) is 0 Å². The maximum Gasteiger partial charge on any atom is 0.224 e. The van der Waals surface area contributed by atoms with E-state index in [0.717, 1.165) is 12.8 Å². The lowest BCUT2D eigenvalue weighted by atomic mass is 9.94. The van der Waals surface area contributed by atoms with Gasteiger partial charge in [-0.1, -0.05) is 0 Å². The summed E-state index contributed by atoms with van der Waals surface area (Å²) in [6.07, 6.45) is 3.87. The number of carbonyl (C=O) groups excluding carboxylic acids is 1. The quantitative estimate of drug-likeness (QED) is 0.655. The number of ether oxygens (including phenoxy) is 1. The minimum absolute atomic E-state index is 0.206. The van der Waals surface area contributed by atoms with E-state index < -0.39 is 0 Å². The van der Waals surface area contributed by atoms with Gasteiger partial charge in [0.25, 0.3) is 0 Å². The van der Waals surface area contributed by atoms with Crippen LogP contribution in [0.1, 0.15) is 25.7 Å². The van der Waals surface area contributed by atoms with Gasteiger partial charge in [0.05, 0.1) is 25.3 Å². The normalized spacial score (nSPS) is 31.6. The van der Waals surface area contributed by atoms with E-state index in [1.165, 1.54) is 6.42 Å². The summed E-state index contributed by atoms with van der Waals surface area (Å²) in [5, 5.41) is 0. The van der Waals surface area contributed by atoms with Crippen LogP contribution in [0.5, 0.6) is 0 Å². The third-order valence-electron chi connectivity index (χ3n) is 3.08. The number of amides is 1. The van der Waals surface area contributed by atoms with E-state index >= 15 is 0 Å². The number of fused-ring (bicyclic) bond motifs is 2. The minimum Gasteiger partial charge on any atom is -0.377 e. The Morgan fingerprint density at radius 3 is 2.57 bits per heavy atom. The topological polar surface area (TPSA) is 29.5 Å². The number of hydrogen-bond acceptors (Lipinski definition) is 2. The van der Waals surface area contributed by atoms with Gasteiger partial charge in [-0.2, -0.15) is 0 Å². The van der Waals surface area contributed by atoms with Crippen molar-refractivity contribution in [2.24, 2.45) is 0 Å². The minimum atomic E-state index is 0.206. The first-order valence-corrected chi connectivity index (χ1v) is 5.81. The molecule has 0 aromatic carbocycles. The fourth-order valence-electron chi connectivity index (χ4n) is 2.45. The molecule has 4 heteroatoms. The highest BCUT2D eigenvalue weighted by molar-refractivity contribution is 6.18. The first-order chi connectivity index (χ1) is 6.83. The third kappa shape index (κ3) is 1.89. The number of carbonyl (C=O) groups is 1. The van der Waals surface area contributed by atoms with Gasteiger partial charge in [0, 0.05) is 12.3 Å².